The van der Waals surface area contributed by atoms with Gasteiger partial charge in [0.15, 0.2) is 6.10 Å². The molecule has 16 nitrogen and oxygen atoms in total. The summed E-state index contributed by atoms with van der Waals surface area (Å²) in [4.78, 5) is 58.2. The van der Waals surface area contributed by atoms with Crippen molar-refractivity contribution in [2.24, 2.45) is 0 Å². The lowest BCUT2D eigenvalue weighted by atomic mass is 10.1. The molecule has 0 heterocycles. The number of aliphatic hydroxyl groups is 2. The topological polar surface area (TPSA) is 231 Å². The first-order chi connectivity index (χ1) is 42.2. The quantitative estimate of drug-likeness (QED) is 0.0146. The molecule has 0 aliphatic heterocycles. The number of ether oxygens (including phenoxy) is 3. The molecule has 87 heavy (non-hydrogen) atoms. The van der Waals surface area contributed by atoms with Gasteiger partial charge in [-0.2, -0.15) is 0 Å². The van der Waals surface area contributed by atoms with Crippen molar-refractivity contribution in [3.05, 3.63) is 122 Å². The number of aliphatic hydroxyl groups excluding tert-OH is 2. The highest BCUT2D eigenvalue weighted by atomic mass is 31.2. The Morgan fingerprint density at radius 2 is 0.609 bits per heavy atom. The van der Waals surface area contributed by atoms with Crippen LogP contribution in [0.3, 0.4) is 0 Å². The molecule has 5 unspecified atom stereocenters. The van der Waals surface area contributed by atoms with Gasteiger partial charge in [0.1, 0.15) is 25.4 Å². The van der Waals surface area contributed by atoms with E-state index in [9.17, 15) is 43.5 Å². The number of esters is 3. The van der Waals surface area contributed by atoms with Crippen LogP contribution in [0.5, 0.6) is 0 Å². The monoisotopic (exact) mass is 1260 g/mol. The zero-order valence-corrected chi connectivity index (χ0v) is 55.4. The van der Waals surface area contributed by atoms with Crippen LogP contribution in [-0.4, -0.2) is 95.9 Å². The summed E-state index contributed by atoms with van der Waals surface area (Å²) in [5.41, 5.74) is 0. The lowest BCUT2D eigenvalue weighted by Crippen LogP contribution is -2.30. The summed E-state index contributed by atoms with van der Waals surface area (Å²) in [5, 5.41) is 20.5. The molecule has 0 radical (unpaired) electrons. The number of carbonyl (C=O) groups is 3. The van der Waals surface area contributed by atoms with Crippen molar-refractivity contribution in [1.82, 2.24) is 0 Å². The Morgan fingerprint density at radius 3 is 0.977 bits per heavy atom. The SMILES string of the molecule is CC/C=C\C/C=C\C/C=C\C/C=C\C/C=C\C/C=C\CCCCCCC(=O)OCC(O)COP(=O)(O)OCC(O)COP(=O)(O)OCC(COC(=O)CCCCCCC/C=C\C/C=C\C/C=C\CC)OC(=O)CCCCCCC/C=C\CCCCCC. The van der Waals surface area contributed by atoms with Gasteiger partial charge in [-0.25, -0.2) is 9.13 Å². The minimum Gasteiger partial charge on any atom is -0.463 e. The van der Waals surface area contributed by atoms with Gasteiger partial charge in [-0.15, -0.1) is 0 Å². The Balaban J connectivity index is 4.63. The van der Waals surface area contributed by atoms with Crippen molar-refractivity contribution in [2.75, 3.05) is 39.6 Å². The van der Waals surface area contributed by atoms with E-state index in [1.165, 1.54) is 25.7 Å². The van der Waals surface area contributed by atoms with E-state index in [0.717, 1.165) is 154 Å². The normalized spacial score (nSPS) is 15.1. The van der Waals surface area contributed by atoms with Gasteiger partial charge in [0.2, 0.25) is 0 Å². The van der Waals surface area contributed by atoms with Crippen molar-refractivity contribution in [3.63, 3.8) is 0 Å². The number of carbonyl (C=O) groups excluding carboxylic acids is 3. The number of unbranched alkanes of at least 4 members (excludes halogenated alkanes) is 18. The highest BCUT2D eigenvalue weighted by Gasteiger charge is 2.29. The number of hydrogen-bond donors (Lipinski definition) is 4. The van der Waals surface area contributed by atoms with Crippen LogP contribution in [0.4, 0.5) is 0 Å². The largest absolute Gasteiger partial charge is 0.472 e. The van der Waals surface area contributed by atoms with E-state index in [2.05, 4.69) is 142 Å². The second-order valence-corrected chi connectivity index (χ2v) is 24.4. The zero-order valence-electron chi connectivity index (χ0n) is 53.6. The maximum absolute atomic E-state index is 12.9. The highest BCUT2D eigenvalue weighted by molar-refractivity contribution is 7.47. The Bertz CT molecular complexity index is 2070. The molecular formula is C69H116O16P2. The van der Waals surface area contributed by atoms with Crippen LogP contribution in [-0.2, 0) is 55.8 Å². The first kappa shape index (κ1) is 83.0. The predicted octanol–water partition coefficient (Wildman–Crippen LogP) is 17.9. The van der Waals surface area contributed by atoms with Crippen molar-refractivity contribution in [2.45, 2.75) is 257 Å². The Labute approximate surface area is 525 Å². The first-order valence-electron chi connectivity index (χ1n) is 32.8. The fourth-order valence-corrected chi connectivity index (χ4v) is 9.75. The molecule has 0 saturated carbocycles. The minimum absolute atomic E-state index is 0.0876. The molecule has 0 saturated heterocycles. The number of hydrogen-bond acceptors (Lipinski definition) is 14. The molecule has 0 aromatic heterocycles. The van der Waals surface area contributed by atoms with E-state index in [-0.39, 0.29) is 19.3 Å². The number of phosphoric acid groups is 2. The third kappa shape index (κ3) is 63.3. The van der Waals surface area contributed by atoms with Crippen molar-refractivity contribution >= 4 is 33.6 Å². The smallest absolute Gasteiger partial charge is 0.463 e. The van der Waals surface area contributed by atoms with Gasteiger partial charge in [-0.05, 0) is 128 Å². The molecule has 0 aromatic carbocycles. The summed E-state index contributed by atoms with van der Waals surface area (Å²) in [6.07, 6.45) is 69.7. The minimum atomic E-state index is -4.93. The zero-order chi connectivity index (χ0) is 63.8. The van der Waals surface area contributed by atoms with Crippen LogP contribution in [0.25, 0.3) is 0 Å². The summed E-state index contributed by atoms with van der Waals surface area (Å²) in [5.74, 6) is -1.63. The van der Waals surface area contributed by atoms with E-state index in [0.29, 0.717) is 19.3 Å². The van der Waals surface area contributed by atoms with Crippen LogP contribution >= 0.6 is 15.6 Å². The number of rotatable bonds is 61. The maximum Gasteiger partial charge on any atom is 0.472 e. The first-order valence-corrected chi connectivity index (χ1v) is 35.8. The Hall–Kier alpha value is -4.05. The third-order valence-corrected chi connectivity index (χ3v) is 15.1. The fourth-order valence-electron chi connectivity index (χ4n) is 8.17. The molecule has 0 aromatic rings. The van der Waals surface area contributed by atoms with Gasteiger partial charge in [0.05, 0.1) is 26.4 Å². The molecule has 5 atom stereocenters. The molecule has 498 valence electrons. The molecule has 0 rings (SSSR count). The van der Waals surface area contributed by atoms with Crippen molar-refractivity contribution < 1.29 is 75.8 Å². The van der Waals surface area contributed by atoms with Crippen LogP contribution in [0.1, 0.15) is 239 Å². The van der Waals surface area contributed by atoms with Crippen LogP contribution in [0.15, 0.2) is 122 Å². The highest BCUT2D eigenvalue weighted by Crippen LogP contribution is 2.45. The van der Waals surface area contributed by atoms with Crippen LogP contribution in [0, 0.1) is 0 Å². The van der Waals surface area contributed by atoms with Crippen LogP contribution < -0.4 is 0 Å². The fraction of sp³-hybridized carbons (Fsp3) is 0.667. The second-order valence-electron chi connectivity index (χ2n) is 21.5. The standard InChI is InChI=1S/C69H116O16P2/c1-4-7-10-13-16-19-22-25-27-28-29-30-31-32-33-34-36-39-40-43-46-49-52-55-67(72)79-58-64(70)59-81-86(75,76)82-60-65(71)61-83-87(77,78)84-63-66(85-69(74)57-54-51-48-45-42-37-24-21-18-15-12-9-6-3)62-80-68(73)56-53-50-47-44-41-38-35-26-23-20-17-14-11-8-5-2/h7-8,10-11,16-17,19-21,24-27,29-30,32-33,35-36,39,64-66,70-71H,4-6,9,12-15,18,22-23,28,31,34,37-38,40-63H2,1-3H3,(H,75,76)(H,77,78)/b10-7-,11-8-,19-16-,20-17-,24-21-,27-25-,30-29-,33-32-,35-26-,39-36-. The van der Waals surface area contributed by atoms with Gasteiger partial charge in [-0.3, -0.25) is 32.5 Å². The average Bonchev–Trinajstić information content (AvgIpc) is 3.63. The molecule has 18 heteroatoms. The molecular weight excluding hydrogens is 1150 g/mol. The summed E-state index contributed by atoms with van der Waals surface area (Å²) in [6, 6.07) is 0. The Morgan fingerprint density at radius 1 is 0.333 bits per heavy atom. The van der Waals surface area contributed by atoms with Crippen molar-refractivity contribution in [3.8, 4) is 0 Å². The van der Waals surface area contributed by atoms with Gasteiger partial charge in [0, 0.05) is 19.3 Å². The molecule has 4 N–H and O–H groups in total. The molecule has 0 aliphatic rings. The summed E-state index contributed by atoms with van der Waals surface area (Å²) in [7, 11) is -9.79. The second kappa shape index (κ2) is 62.2. The van der Waals surface area contributed by atoms with Gasteiger partial charge >= 0.3 is 33.6 Å². The van der Waals surface area contributed by atoms with Crippen molar-refractivity contribution in [1.29, 1.82) is 0 Å². The van der Waals surface area contributed by atoms with E-state index in [1.807, 2.05) is 0 Å². The van der Waals surface area contributed by atoms with E-state index in [4.69, 9.17) is 32.3 Å². The lowest BCUT2D eigenvalue weighted by molar-refractivity contribution is -0.161. The van der Waals surface area contributed by atoms with Gasteiger partial charge in [0.25, 0.3) is 0 Å². The summed E-state index contributed by atoms with van der Waals surface area (Å²) >= 11 is 0. The van der Waals surface area contributed by atoms with Gasteiger partial charge < -0.3 is 34.2 Å². The van der Waals surface area contributed by atoms with E-state index >= 15 is 0 Å². The third-order valence-electron chi connectivity index (χ3n) is 13.2. The van der Waals surface area contributed by atoms with E-state index in [1.54, 1.807) is 0 Å². The summed E-state index contributed by atoms with van der Waals surface area (Å²) in [6.45, 7) is 2.34. The predicted molar refractivity (Wildman–Crippen MR) is 353 cm³/mol. The number of phosphoric ester groups is 2. The van der Waals surface area contributed by atoms with E-state index < -0.39 is 91.5 Å². The van der Waals surface area contributed by atoms with Gasteiger partial charge in [-0.1, -0.05) is 213 Å². The van der Waals surface area contributed by atoms with Crippen LogP contribution in [0.2, 0.25) is 0 Å². The average molecular weight is 1260 g/mol. The molecule has 0 aliphatic carbocycles. The lowest BCUT2D eigenvalue weighted by Gasteiger charge is -2.21. The molecule has 0 bridgehead atoms. The summed E-state index contributed by atoms with van der Waals surface area (Å²) < 4.78 is 60.7. The molecule has 0 amide bonds. The molecule has 0 fully saturated rings. The Kier molecular flexibility index (Phi) is 59.3. The number of allylic oxidation sites excluding steroid dienone is 20. The molecule has 0 spiro atoms. The maximum atomic E-state index is 12.9.